The smallest absolute Gasteiger partial charge is 0.422 e. The Kier molecular flexibility index (Phi) is 4.19. The van der Waals surface area contributed by atoms with Crippen LogP contribution < -0.4 is 15.0 Å². The average Bonchev–Trinajstić information content (AvgIpc) is 2.37. The van der Waals surface area contributed by atoms with Crippen molar-refractivity contribution >= 4 is 5.69 Å². The summed E-state index contributed by atoms with van der Waals surface area (Å²) in [7, 11) is 0. The number of halogens is 3. The van der Waals surface area contributed by atoms with Crippen LogP contribution in [0.1, 0.15) is 5.56 Å². The predicted octanol–water partition coefficient (Wildman–Crippen LogP) is 2.35. The van der Waals surface area contributed by atoms with Crippen LogP contribution in [0.15, 0.2) is 18.2 Å². The first-order valence-electron chi connectivity index (χ1n) is 6.21. The van der Waals surface area contributed by atoms with E-state index in [9.17, 15) is 13.2 Å². The molecule has 0 bridgehead atoms. The second kappa shape index (κ2) is 5.69. The van der Waals surface area contributed by atoms with Crippen molar-refractivity contribution in [3.63, 3.8) is 0 Å². The Hall–Kier alpha value is -1.43. The number of hydrogen-bond acceptors (Lipinski definition) is 3. The van der Waals surface area contributed by atoms with Crippen LogP contribution in [0.25, 0.3) is 0 Å². The number of piperazine rings is 1. The SMILES string of the molecule is Cc1ccc(N2CCNCC2)c(OCC(F)(F)F)c1. The summed E-state index contributed by atoms with van der Waals surface area (Å²) >= 11 is 0. The van der Waals surface area contributed by atoms with Gasteiger partial charge in [0.1, 0.15) is 5.75 Å². The first-order chi connectivity index (χ1) is 8.96. The highest BCUT2D eigenvalue weighted by Gasteiger charge is 2.29. The zero-order valence-electron chi connectivity index (χ0n) is 10.8. The van der Waals surface area contributed by atoms with Gasteiger partial charge >= 0.3 is 6.18 Å². The number of ether oxygens (including phenoxy) is 1. The van der Waals surface area contributed by atoms with Gasteiger partial charge in [0.2, 0.25) is 0 Å². The number of nitrogens with zero attached hydrogens (tertiary/aromatic N) is 1. The molecule has 0 aliphatic carbocycles. The predicted molar refractivity (Wildman–Crippen MR) is 67.8 cm³/mol. The quantitative estimate of drug-likeness (QED) is 0.915. The van der Waals surface area contributed by atoms with Crippen molar-refractivity contribution < 1.29 is 17.9 Å². The third-order valence-corrected chi connectivity index (χ3v) is 2.96. The van der Waals surface area contributed by atoms with Gasteiger partial charge in [0.25, 0.3) is 0 Å². The molecular formula is C13H17F3N2O. The van der Waals surface area contributed by atoms with Crippen LogP contribution in [0, 0.1) is 6.92 Å². The van der Waals surface area contributed by atoms with Crippen LogP contribution in [0.2, 0.25) is 0 Å². The monoisotopic (exact) mass is 274 g/mol. The van der Waals surface area contributed by atoms with E-state index in [0.717, 1.165) is 37.4 Å². The van der Waals surface area contributed by atoms with Crippen molar-refractivity contribution in [2.45, 2.75) is 13.1 Å². The number of nitrogens with one attached hydrogen (secondary N) is 1. The molecule has 1 aliphatic rings. The molecule has 1 aromatic rings. The molecule has 0 aromatic heterocycles. The highest BCUT2D eigenvalue weighted by molar-refractivity contribution is 5.60. The highest BCUT2D eigenvalue weighted by atomic mass is 19.4. The van der Waals surface area contributed by atoms with Crippen molar-refractivity contribution in [2.24, 2.45) is 0 Å². The van der Waals surface area contributed by atoms with Crippen molar-refractivity contribution in [3.8, 4) is 5.75 Å². The van der Waals surface area contributed by atoms with Gasteiger partial charge in [-0.15, -0.1) is 0 Å². The Bertz CT molecular complexity index is 428. The molecule has 106 valence electrons. The van der Waals surface area contributed by atoms with E-state index in [2.05, 4.69) is 5.32 Å². The zero-order chi connectivity index (χ0) is 13.9. The summed E-state index contributed by atoms with van der Waals surface area (Å²) in [4.78, 5) is 2.04. The molecule has 6 heteroatoms. The number of aryl methyl sites for hydroxylation is 1. The molecule has 0 spiro atoms. The van der Waals surface area contributed by atoms with Crippen molar-refractivity contribution in [3.05, 3.63) is 23.8 Å². The number of alkyl halides is 3. The molecule has 0 radical (unpaired) electrons. The largest absolute Gasteiger partial charge is 0.482 e. The molecule has 0 amide bonds. The maximum Gasteiger partial charge on any atom is 0.422 e. The maximum atomic E-state index is 12.3. The minimum atomic E-state index is -4.32. The fraction of sp³-hybridized carbons (Fsp3) is 0.538. The molecule has 1 N–H and O–H groups in total. The van der Waals surface area contributed by atoms with E-state index < -0.39 is 12.8 Å². The summed E-state index contributed by atoms with van der Waals surface area (Å²) in [6.45, 7) is 3.77. The lowest BCUT2D eigenvalue weighted by molar-refractivity contribution is -0.153. The van der Waals surface area contributed by atoms with Crippen LogP contribution in [0.3, 0.4) is 0 Å². The first kappa shape index (κ1) is 14.0. The van der Waals surface area contributed by atoms with Gasteiger partial charge in [0.15, 0.2) is 6.61 Å². The highest BCUT2D eigenvalue weighted by Crippen LogP contribution is 2.31. The Morgan fingerprint density at radius 2 is 1.95 bits per heavy atom. The summed E-state index contributed by atoms with van der Waals surface area (Å²) < 4.78 is 41.8. The average molecular weight is 274 g/mol. The van der Waals surface area contributed by atoms with Crippen LogP contribution in [0.4, 0.5) is 18.9 Å². The molecule has 0 unspecified atom stereocenters. The van der Waals surface area contributed by atoms with Crippen molar-refractivity contribution in [1.29, 1.82) is 0 Å². The van der Waals surface area contributed by atoms with Gasteiger partial charge < -0.3 is 15.0 Å². The van der Waals surface area contributed by atoms with Crippen molar-refractivity contribution in [2.75, 3.05) is 37.7 Å². The molecule has 0 saturated carbocycles. The number of hydrogen-bond donors (Lipinski definition) is 1. The van der Waals surface area contributed by atoms with Crippen LogP contribution >= 0.6 is 0 Å². The van der Waals surface area contributed by atoms with Gasteiger partial charge in [-0.05, 0) is 24.6 Å². The molecule has 0 atom stereocenters. The van der Waals surface area contributed by atoms with Gasteiger partial charge in [0.05, 0.1) is 5.69 Å². The topological polar surface area (TPSA) is 24.5 Å². The summed E-state index contributed by atoms with van der Waals surface area (Å²) in [6, 6.07) is 5.37. The number of benzene rings is 1. The molecule has 1 heterocycles. The van der Waals surface area contributed by atoms with Gasteiger partial charge in [-0.3, -0.25) is 0 Å². The van der Waals surface area contributed by atoms with E-state index in [0.29, 0.717) is 5.75 Å². The van der Waals surface area contributed by atoms with Gasteiger partial charge in [-0.25, -0.2) is 0 Å². The molecule has 1 saturated heterocycles. The second-order valence-electron chi connectivity index (χ2n) is 4.61. The molecule has 1 fully saturated rings. The fourth-order valence-electron chi connectivity index (χ4n) is 2.06. The molecule has 1 aromatic carbocycles. The summed E-state index contributed by atoms with van der Waals surface area (Å²) in [5.74, 6) is 0.305. The standard InChI is InChI=1S/C13H17F3N2O/c1-10-2-3-11(18-6-4-17-5-7-18)12(8-10)19-9-13(14,15)16/h2-3,8,17H,4-7,9H2,1H3. The molecular weight excluding hydrogens is 257 g/mol. The lowest BCUT2D eigenvalue weighted by Gasteiger charge is -2.31. The van der Waals surface area contributed by atoms with Crippen molar-refractivity contribution in [1.82, 2.24) is 5.32 Å². The third-order valence-electron chi connectivity index (χ3n) is 2.96. The van der Waals surface area contributed by atoms with Crippen LogP contribution in [0.5, 0.6) is 5.75 Å². The molecule has 2 rings (SSSR count). The summed E-state index contributed by atoms with van der Waals surface area (Å²) in [5.41, 5.74) is 1.62. The Morgan fingerprint density at radius 1 is 1.26 bits per heavy atom. The zero-order valence-corrected chi connectivity index (χ0v) is 10.8. The minimum absolute atomic E-state index is 0.305. The van der Waals surface area contributed by atoms with E-state index in [1.54, 1.807) is 6.07 Å². The van der Waals surface area contributed by atoms with Crippen LogP contribution in [-0.2, 0) is 0 Å². The van der Waals surface area contributed by atoms with Gasteiger partial charge in [-0.2, -0.15) is 13.2 Å². The Morgan fingerprint density at radius 3 is 2.58 bits per heavy atom. The molecule has 1 aliphatic heterocycles. The fourth-order valence-corrected chi connectivity index (χ4v) is 2.06. The minimum Gasteiger partial charge on any atom is -0.482 e. The number of anilines is 1. The molecule has 19 heavy (non-hydrogen) atoms. The normalized spacial score (nSPS) is 16.5. The maximum absolute atomic E-state index is 12.3. The molecule has 3 nitrogen and oxygen atoms in total. The van der Waals surface area contributed by atoms with E-state index in [-0.39, 0.29) is 0 Å². The Balaban J connectivity index is 2.17. The first-order valence-corrected chi connectivity index (χ1v) is 6.21. The van der Waals surface area contributed by atoms with E-state index in [4.69, 9.17) is 4.74 Å². The van der Waals surface area contributed by atoms with Gasteiger partial charge in [-0.1, -0.05) is 6.07 Å². The number of rotatable bonds is 3. The lowest BCUT2D eigenvalue weighted by atomic mass is 10.2. The van der Waals surface area contributed by atoms with E-state index >= 15 is 0 Å². The summed E-state index contributed by atoms with van der Waals surface area (Å²) in [6.07, 6.45) is -4.32. The second-order valence-corrected chi connectivity index (χ2v) is 4.61. The van der Waals surface area contributed by atoms with E-state index in [1.807, 2.05) is 24.0 Å². The third kappa shape index (κ3) is 4.02. The van der Waals surface area contributed by atoms with Gasteiger partial charge in [0, 0.05) is 26.2 Å². The van der Waals surface area contributed by atoms with Crippen LogP contribution in [-0.4, -0.2) is 39.0 Å². The lowest BCUT2D eigenvalue weighted by Crippen LogP contribution is -2.43. The summed E-state index contributed by atoms with van der Waals surface area (Å²) in [5, 5.41) is 3.21. The van der Waals surface area contributed by atoms with E-state index in [1.165, 1.54) is 0 Å². The Labute approximate surface area is 110 Å².